The molecule has 0 saturated carbocycles. The topological polar surface area (TPSA) is 54.5 Å². The maximum atomic E-state index is 13.4. The number of nitrogens with zero attached hydrogens (tertiary/aromatic N) is 2. The molecule has 1 aliphatic heterocycles. The van der Waals surface area contributed by atoms with Crippen molar-refractivity contribution < 1.29 is 22.7 Å². The Labute approximate surface area is 235 Å². The highest BCUT2D eigenvalue weighted by molar-refractivity contribution is 6.31. The quantitative estimate of drug-likeness (QED) is 0.249. The monoisotopic (exact) mass is 567 g/mol. The molecule has 40 heavy (non-hydrogen) atoms. The number of rotatable bonds is 7. The molecule has 0 unspecified atom stereocenters. The van der Waals surface area contributed by atoms with Gasteiger partial charge in [-0.1, -0.05) is 61.0 Å². The highest BCUT2D eigenvalue weighted by atomic mass is 35.5. The Morgan fingerprint density at radius 3 is 2.55 bits per heavy atom. The van der Waals surface area contributed by atoms with Crippen LogP contribution < -0.4 is 10.1 Å². The van der Waals surface area contributed by atoms with E-state index >= 15 is 0 Å². The minimum Gasteiger partial charge on any atom is -0.405 e. The lowest BCUT2D eigenvalue weighted by Crippen LogP contribution is -2.44. The van der Waals surface area contributed by atoms with Crippen LogP contribution in [0.15, 0.2) is 79.0 Å². The van der Waals surface area contributed by atoms with Crippen LogP contribution in [0.25, 0.3) is 10.9 Å². The number of hydrogen-bond donors (Lipinski definition) is 1. The van der Waals surface area contributed by atoms with Gasteiger partial charge in [0.2, 0.25) is 0 Å². The number of fused-ring (bicyclic) bond motifs is 1. The second kappa shape index (κ2) is 11.4. The van der Waals surface area contributed by atoms with Gasteiger partial charge in [-0.2, -0.15) is 0 Å². The van der Waals surface area contributed by atoms with Crippen LogP contribution in [0.5, 0.6) is 5.75 Å². The fourth-order valence-electron chi connectivity index (χ4n) is 5.32. The van der Waals surface area contributed by atoms with Crippen molar-refractivity contribution in [3.63, 3.8) is 0 Å². The Kier molecular flexibility index (Phi) is 7.90. The number of likely N-dealkylation sites (tertiary alicyclic amines) is 1. The van der Waals surface area contributed by atoms with Crippen LogP contribution in [0.3, 0.4) is 0 Å². The van der Waals surface area contributed by atoms with Gasteiger partial charge in [0.1, 0.15) is 5.75 Å². The summed E-state index contributed by atoms with van der Waals surface area (Å²) in [5.74, 6) is -1.01. The first kappa shape index (κ1) is 27.8. The summed E-state index contributed by atoms with van der Waals surface area (Å²) in [4.78, 5) is 19.4. The van der Waals surface area contributed by atoms with Crippen LogP contribution in [0.2, 0.25) is 5.02 Å². The fourth-order valence-corrected chi connectivity index (χ4v) is 5.69. The van der Waals surface area contributed by atoms with Gasteiger partial charge in [0.25, 0.3) is 5.91 Å². The summed E-state index contributed by atoms with van der Waals surface area (Å²) >= 11 is 6.42. The highest BCUT2D eigenvalue weighted by Crippen LogP contribution is 2.39. The summed E-state index contributed by atoms with van der Waals surface area (Å²) in [5.41, 5.74) is 3.00. The number of anilines is 1. The SMILES string of the molecule is CC1(c2ccccc2Cl)CCN(C(=O)c2ccc(NCCc3cccc4cccnc34)cc2OC(F)(F)F)CC1. The number of halogens is 4. The Bertz CT molecular complexity index is 1510. The number of ether oxygens (including phenoxy) is 1. The predicted molar refractivity (Wildman–Crippen MR) is 151 cm³/mol. The second-order valence-corrected chi connectivity index (χ2v) is 10.7. The van der Waals surface area contributed by atoms with Gasteiger partial charge in [0.15, 0.2) is 0 Å². The van der Waals surface area contributed by atoms with E-state index in [0.717, 1.165) is 22.0 Å². The molecule has 2 heterocycles. The lowest BCUT2D eigenvalue weighted by molar-refractivity contribution is -0.274. The van der Waals surface area contributed by atoms with E-state index in [0.29, 0.717) is 49.6 Å². The van der Waals surface area contributed by atoms with Gasteiger partial charge in [-0.25, -0.2) is 0 Å². The third kappa shape index (κ3) is 6.17. The normalized spacial score (nSPS) is 15.2. The minimum absolute atomic E-state index is 0.123. The highest BCUT2D eigenvalue weighted by Gasteiger charge is 2.37. The molecular weight excluding hydrogens is 539 g/mol. The smallest absolute Gasteiger partial charge is 0.405 e. The fraction of sp³-hybridized carbons (Fsp3) is 0.290. The zero-order chi connectivity index (χ0) is 28.3. The molecule has 1 amide bonds. The van der Waals surface area contributed by atoms with Crippen LogP contribution in [0.4, 0.5) is 18.9 Å². The van der Waals surface area contributed by atoms with E-state index in [4.69, 9.17) is 11.6 Å². The van der Waals surface area contributed by atoms with E-state index in [1.165, 1.54) is 12.1 Å². The van der Waals surface area contributed by atoms with E-state index < -0.39 is 18.0 Å². The number of piperidine rings is 1. The molecule has 1 aliphatic rings. The van der Waals surface area contributed by atoms with Crippen molar-refractivity contribution in [2.24, 2.45) is 0 Å². The number of nitrogens with one attached hydrogen (secondary N) is 1. The lowest BCUT2D eigenvalue weighted by Gasteiger charge is -2.40. The Morgan fingerprint density at radius 1 is 1.05 bits per heavy atom. The molecule has 1 N–H and O–H groups in total. The average Bonchev–Trinajstić information content (AvgIpc) is 2.93. The molecule has 0 radical (unpaired) electrons. The Hall–Kier alpha value is -3.78. The van der Waals surface area contributed by atoms with Crippen molar-refractivity contribution in [2.45, 2.75) is 38.0 Å². The van der Waals surface area contributed by atoms with Gasteiger partial charge >= 0.3 is 6.36 Å². The molecular formula is C31H29ClF3N3O2. The van der Waals surface area contributed by atoms with Crippen molar-refractivity contribution in [3.05, 3.63) is 101 Å². The first-order valence-electron chi connectivity index (χ1n) is 13.1. The maximum absolute atomic E-state index is 13.4. The van der Waals surface area contributed by atoms with E-state index in [1.54, 1.807) is 17.2 Å². The minimum atomic E-state index is -4.94. The van der Waals surface area contributed by atoms with Crippen molar-refractivity contribution in [2.75, 3.05) is 25.0 Å². The molecule has 0 aliphatic carbocycles. The molecule has 3 aromatic carbocycles. The molecule has 208 valence electrons. The van der Waals surface area contributed by atoms with Crippen LogP contribution >= 0.6 is 11.6 Å². The van der Waals surface area contributed by atoms with Crippen molar-refractivity contribution >= 4 is 34.1 Å². The molecule has 5 nitrogen and oxygen atoms in total. The van der Waals surface area contributed by atoms with Crippen molar-refractivity contribution in [1.29, 1.82) is 0 Å². The molecule has 4 aromatic rings. The largest absolute Gasteiger partial charge is 0.573 e. The molecule has 0 bridgehead atoms. The van der Waals surface area contributed by atoms with E-state index in [1.807, 2.05) is 54.6 Å². The molecule has 5 rings (SSSR count). The third-order valence-corrected chi connectivity index (χ3v) is 7.89. The van der Waals surface area contributed by atoms with Gasteiger partial charge in [-0.05, 0) is 60.1 Å². The van der Waals surface area contributed by atoms with Crippen LogP contribution in [0, 0.1) is 0 Å². The molecule has 1 fully saturated rings. The zero-order valence-corrected chi connectivity index (χ0v) is 22.7. The van der Waals surface area contributed by atoms with Crippen LogP contribution in [-0.4, -0.2) is 41.8 Å². The number of carbonyl (C=O) groups excluding carboxylic acids is 1. The molecule has 1 aromatic heterocycles. The standard InChI is InChI=1S/C31H29ClF3N3O2/c1-30(25-9-2-3-10-26(25)32)14-18-38(19-15-30)29(39)24-12-11-23(20-27(24)40-31(33,34)35)36-17-13-22-7-4-6-21-8-5-16-37-28(21)22/h2-12,16,20,36H,13-15,17-19H2,1H3. The number of carbonyl (C=O) groups is 1. The Morgan fingerprint density at radius 2 is 1.80 bits per heavy atom. The number of para-hydroxylation sites is 1. The van der Waals surface area contributed by atoms with Gasteiger partial charge in [0.05, 0.1) is 11.1 Å². The first-order chi connectivity index (χ1) is 19.1. The number of benzene rings is 3. The van der Waals surface area contributed by atoms with E-state index in [-0.39, 0.29) is 11.0 Å². The summed E-state index contributed by atoms with van der Waals surface area (Å²) < 4.78 is 44.3. The van der Waals surface area contributed by atoms with E-state index in [2.05, 4.69) is 22.0 Å². The molecule has 1 saturated heterocycles. The number of aromatic nitrogens is 1. The van der Waals surface area contributed by atoms with Gasteiger partial charge in [0, 0.05) is 48.0 Å². The van der Waals surface area contributed by atoms with Gasteiger partial charge in [-0.3, -0.25) is 9.78 Å². The summed E-state index contributed by atoms with van der Waals surface area (Å²) in [6.45, 7) is 3.35. The summed E-state index contributed by atoms with van der Waals surface area (Å²) in [7, 11) is 0. The lowest BCUT2D eigenvalue weighted by atomic mass is 9.74. The molecule has 9 heteroatoms. The van der Waals surface area contributed by atoms with E-state index in [9.17, 15) is 18.0 Å². The summed E-state index contributed by atoms with van der Waals surface area (Å²) in [6, 6.07) is 21.6. The molecule has 0 spiro atoms. The predicted octanol–water partition coefficient (Wildman–Crippen LogP) is 7.64. The zero-order valence-electron chi connectivity index (χ0n) is 22.0. The Balaban J connectivity index is 1.29. The number of amides is 1. The number of alkyl halides is 3. The third-order valence-electron chi connectivity index (χ3n) is 7.56. The first-order valence-corrected chi connectivity index (χ1v) is 13.5. The summed E-state index contributed by atoms with van der Waals surface area (Å²) in [6.07, 6.45) is -1.31. The van der Waals surface area contributed by atoms with Crippen LogP contribution in [-0.2, 0) is 11.8 Å². The average molecular weight is 568 g/mol. The van der Waals surface area contributed by atoms with Gasteiger partial charge in [-0.15, -0.1) is 13.2 Å². The summed E-state index contributed by atoms with van der Waals surface area (Å²) in [5, 5.41) is 4.84. The van der Waals surface area contributed by atoms with Crippen LogP contribution in [0.1, 0.15) is 41.3 Å². The number of pyridine rings is 1. The molecule has 0 atom stereocenters. The number of hydrogen-bond acceptors (Lipinski definition) is 4. The van der Waals surface area contributed by atoms with Gasteiger partial charge < -0.3 is 15.0 Å². The van der Waals surface area contributed by atoms with Crippen molar-refractivity contribution in [3.8, 4) is 5.75 Å². The second-order valence-electron chi connectivity index (χ2n) is 10.3. The maximum Gasteiger partial charge on any atom is 0.573 e. The van der Waals surface area contributed by atoms with Crippen molar-refractivity contribution in [1.82, 2.24) is 9.88 Å².